The van der Waals surface area contributed by atoms with Gasteiger partial charge >= 0.3 is 0 Å². The zero-order valence-electron chi connectivity index (χ0n) is 10.2. The van der Waals surface area contributed by atoms with Crippen LogP contribution in [0, 0.1) is 11.6 Å². The summed E-state index contributed by atoms with van der Waals surface area (Å²) < 4.78 is 32.3. The summed E-state index contributed by atoms with van der Waals surface area (Å²) in [6, 6.07) is 7.95. The number of nitrogens with two attached hydrogens (primary N) is 1. The van der Waals surface area contributed by atoms with E-state index in [-0.39, 0.29) is 4.47 Å². The largest absolute Gasteiger partial charge is 0.496 e. The minimum absolute atomic E-state index is 0.272. The van der Waals surface area contributed by atoms with Gasteiger partial charge in [0.25, 0.3) is 0 Å². The molecule has 1 atom stereocenters. The number of hydrogen-bond acceptors (Lipinski definition) is 2. The molecule has 1 unspecified atom stereocenters. The molecule has 0 saturated carbocycles. The summed E-state index contributed by atoms with van der Waals surface area (Å²) in [5.74, 6) is -0.368. The molecule has 0 amide bonds. The van der Waals surface area contributed by atoms with E-state index in [1.165, 1.54) is 31.4 Å². The van der Waals surface area contributed by atoms with Crippen LogP contribution in [-0.2, 0) is 0 Å². The molecule has 0 radical (unpaired) electrons. The van der Waals surface area contributed by atoms with Crippen molar-refractivity contribution in [1.29, 1.82) is 0 Å². The van der Waals surface area contributed by atoms with Gasteiger partial charge in [-0.2, -0.15) is 0 Å². The van der Waals surface area contributed by atoms with Crippen LogP contribution in [0.4, 0.5) is 8.78 Å². The molecule has 5 heteroatoms. The molecule has 2 aromatic rings. The molecule has 0 fully saturated rings. The van der Waals surface area contributed by atoms with E-state index in [9.17, 15) is 8.78 Å². The van der Waals surface area contributed by atoms with E-state index in [0.717, 1.165) is 0 Å². The Hall–Kier alpha value is -1.46. The van der Waals surface area contributed by atoms with Crippen LogP contribution in [0.1, 0.15) is 17.2 Å². The van der Waals surface area contributed by atoms with Crippen LogP contribution in [0.3, 0.4) is 0 Å². The molecular weight excluding hydrogens is 316 g/mol. The summed E-state index contributed by atoms with van der Waals surface area (Å²) in [6.07, 6.45) is 0. The van der Waals surface area contributed by atoms with Crippen LogP contribution in [0.15, 0.2) is 40.9 Å². The van der Waals surface area contributed by atoms with Gasteiger partial charge in [-0.1, -0.05) is 12.1 Å². The van der Waals surface area contributed by atoms with Gasteiger partial charge in [0.1, 0.15) is 17.4 Å². The van der Waals surface area contributed by atoms with Gasteiger partial charge in [-0.05, 0) is 45.8 Å². The van der Waals surface area contributed by atoms with Crippen LogP contribution >= 0.6 is 15.9 Å². The van der Waals surface area contributed by atoms with Crippen molar-refractivity contribution in [3.05, 3.63) is 63.6 Å². The average molecular weight is 328 g/mol. The van der Waals surface area contributed by atoms with E-state index in [1.54, 1.807) is 12.1 Å². The SMILES string of the molecule is COc1ccc(F)cc1C(N)c1cccc(F)c1Br. The topological polar surface area (TPSA) is 35.2 Å². The molecule has 0 saturated heterocycles. The Labute approximate surface area is 118 Å². The Morgan fingerprint density at radius 3 is 2.58 bits per heavy atom. The zero-order valence-corrected chi connectivity index (χ0v) is 11.7. The molecule has 0 spiro atoms. The quantitative estimate of drug-likeness (QED) is 0.931. The maximum absolute atomic E-state index is 13.5. The van der Waals surface area contributed by atoms with Gasteiger partial charge in [0.05, 0.1) is 17.6 Å². The molecule has 0 aliphatic rings. The van der Waals surface area contributed by atoms with Crippen molar-refractivity contribution in [2.75, 3.05) is 7.11 Å². The molecule has 0 aliphatic carbocycles. The molecule has 2 rings (SSSR count). The highest BCUT2D eigenvalue weighted by Crippen LogP contribution is 2.33. The molecule has 2 N–H and O–H groups in total. The predicted octanol–water partition coefficient (Wildman–Crippen LogP) is 3.78. The lowest BCUT2D eigenvalue weighted by molar-refractivity contribution is 0.406. The lowest BCUT2D eigenvalue weighted by atomic mass is 9.98. The summed E-state index contributed by atoms with van der Waals surface area (Å²) >= 11 is 3.15. The van der Waals surface area contributed by atoms with Crippen molar-refractivity contribution < 1.29 is 13.5 Å². The summed E-state index contributed by atoms with van der Waals surface area (Å²) in [7, 11) is 1.48. The highest BCUT2D eigenvalue weighted by Gasteiger charge is 2.18. The molecule has 100 valence electrons. The lowest BCUT2D eigenvalue weighted by Gasteiger charge is -2.17. The number of halogens is 3. The second kappa shape index (κ2) is 5.67. The first kappa shape index (κ1) is 14.0. The van der Waals surface area contributed by atoms with Crippen molar-refractivity contribution in [2.24, 2.45) is 5.73 Å². The van der Waals surface area contributed by atoms with Gasteiger partial charge in [-0.3, -0.25) is 0 Å². The van der Waals surface area contributed by atoms with Gasteiger partial charge in [0.15, 0.2) is 0 Å². The molecule has 0 aromatic heterocycles. The highest BCUT2D eigenvalue weighted by atomic mass is 79.9. The van der Waals surface area contributed by atoms with Crippen LogP contribution < -0.4 is 10.5 Å². The number of ether oxygens (including phenoxy) is 1. The normalized spacial score (nSPS) is 12.3. The Morgan fingerprint density at radius 2 is 1.89 bits per heavy atom. The standard InChI is InChI=1S/C14H12BrF2NO/c1-19-12-6-5-8(16)7-10(12)14(18)9-3-2-4-11(17)13(9)15/h2-7,14H,18H2,1H3. The molecule has 2 aromatic carbocycles. The van der Waals surface area contributed by atoms with Gasteiger partial charge in [-0.15, -0.1) is 0 Å². The van der Waals surface area contributed by atoms with E-state index in [1.807, 2.05) is 0 Å². The first-order valence-corrected chi connectivity index (χ1v) is 6.37. The molecular formula is C14H12BrF2NO. The fourth-order valence-corrected chi connectivity index (χ4v) is 2.39. The fraction of sp³-hybridized carbons (Fsp3) is 0.143. The van der Waals surface area contributed by atoms with Crippen molar-refractivity contribution in [3.63, 3.8) is 0 Å². The maximum Gasteiger partial charge on any atom is 0.137 e. The number of hydrogen-bond donors (Lipinski definition) is 1. The zero-order chi connectivity index (χ0) is 14.0. The van der Waals surface area contributed by atoms with E-state index in [4.69, 9.17) is 10.5 Å². The number of benzene rings is 2. The Morgan fingerprint density at radius 1 is 1.16 bits per heavy atom. The Bertz CT molecular complexity index is 604. The van der Waals surface area contributed by atoms with Crippen LogP contribution in [0.5, 0.6) is 5.75 Å². The predicted molar refractivity (Wildman–Crippen MR) is 73.1 cm³/mol. The van der Waals surface area contributed by atoms with Crippen LogP contribution in [0.2, 0.25) is 0 Å². The first-order chi connectivity index (χ1) is 9.04. The molecule has 19 heavy (non-hydrogen) atoms. The van der Waals surface area contributed by atoms with Gasteiger partial charge < -0.3 is 10.5 Å². The Balaban J connectivity index is 2.52. The lowest BCUT2D eigenvalue weighted by Crippen LogP contribution is -2.14. The second-order valence-corrected chi connectivity index (χ2v) is 4.80. The van der Waals surface area contributed by atoms with Crippen molar-refractivity contribution in [2.45, 2.75) is 6.04 Å². The smallest absolute Gasteiger partial charge is 0.137 e. The van der Waals surface area contributed by atoms with Crippen molar-refractivity contribution in [3.8, 4) is 5.75 Å². The summed E-state index contributed by atoms with van der Waals surface area (Å²) in [5.41, 5.74) is 7.09. The van der Waals surface area contributed by atoms with Gasteiger partial charge in [0.2, 0.25) is 0 Å². The molecule has 0 bridgehead atoms. The van der Waals surface area contributed by atoms with E-state index in [2.05, 4.69) is 15.9 Å². The van der Waals surface area contributed by atoms with Crippen LogP contribution in [-0.4, -0.2) is 7.11 Å². The number of rotatable bonds is 3. The summed E-state index contributed by atoms with van der Waals surface area (Å²) in [6.45, 7) is 0. The molecule has 0 aliphatic heterocycles. The average Bonchev–Trinajstić information content (AvgIpc) is 2.41. The summed E-state index contributed by atoms with van der Waals surface area (Å²) in [5, 5.41) is 0. The molecule has 0 heterocycles. The second-order valence-electron chi connectivity index (χ2n) is 4.01. The monoisotopic (exact) mass is 327 g/mol. The van der Waals surface area contributed by atoms with Crippen molar-refractivity contribution in [1.82, 2.24) is 0 Å². The number of methoxy groups -OCH3 is 1. The molecule has 2 nitrogen and oxygen atoms in total. The Kier molecular flexibility index (Phi) is 4.17. The van der Waals surface area contributed by atoms with Crippen molar-refractivity contribution >= 4 is 15.9 Å². The van der Waals surface area contributed by atoms with E-state index in [0.29, 0.717) is 16.9 Å². The van der Waals surface area contributed by atoms with Gasteiger partial charge in [0, 0.05) is 5.56 Å². The minimum atomic E-state index is -0.685. The third-order valence-electron chi connectivity index (χ3n) is 2.84. The fourth-order valence-electron chi connectivity index (χ4n) is 1.88. The van der Waals surface area contributed by atoms with Crippen LogP contribution in [0.25, 0.3) is 0 Å². The van der Waals surface area contributed by atoms with Gasteiger partial charge in [-0.25, -0.2) is 8.78 Å². The highest BCUT2D eigenvalue weighted by molar-refractivity contribution is 9.10. The summed E-state index contributed by atoms with van der Waals surface area (Å²) in [4.78, 5) is 0. The maximum atomic E-state index is 13.5. The van der Waals surface area contributed by atoms with E-state index >= 15 is 0 Å². The first-order valence-electron chi connectivity index (χ1n) is 5.57. The third kappa shape index (κ3) is 2.77. The van der Waals surface area contributed by atoms with E-state index < -0.39 is 17.7 Å². The third-order valence-corrected chi connectivity index (χ3v) is 3.68. The minimum Gasteiger partial charge on any atom is -0.496 e.